The predicted octanol–water partition coefficient (Wildman–Crippen LogP) is 2.03. The van der Waals surface area contributed by atoms with Crippen molar-refractivity contribution in [2.45, 2.75) is 45.6 Å². The Kier molecular flexibility index (Phi) is 4.53. The molecule has 1 N–H and O–H groups in total. The molecule has 1 aliphatic heterocycles. The van der Waals surface area contributed by atoms with E-state index in [4.69, 9.17) is 5.11 Å². The Morgan fingerprint density at radius 1 is 1.39 bits per heavy atom. The van der Waals surface area contributed by atoms with Crippen LogP contribution < -0.4 is 4.90 Å². The molecule has 1 saturated heterocycles. The van der Waals surface area contributed by atoms with Crippen molar-refractivity contribution in [3.8, 4) is 0 Å². The normalized spacial score (nSPS) is 19.8. The molecular weight excluding hydrogens is 226 g/mol. The first-order valence-electron chi connectivity index (χ1n) is 6.91. The van der Waals surface area contributed by atoms with Crippen molar-refractivity contribution in [2.75, 3.05) is 18.1 Å². The number of hydrogen-bond acceptors (Lipinski definition) is 4. The van der Waals surface area contributed by atoms with Crippen molar-refractivity contribution in [3.63, 3.8) is 0 Å². The summed E-state index contributed by atoms with van der Waals surface area (Å²) in [4.78, 5) is 2.28. The summed E-state index contributed by atoms with van der Waals surface area (Å²) in [6, 6.07) is 4.58. The topological polar surface area (TPSA) is 49.2 Å². The number of aliphatic hydroxyl groups is 1. The Morgan fingerprint density at radius 2 is 2.22 bits per heavy atom. The van der Waals surface area contributed by atoms with Gasteiger partial charge in [0.05, 0.1) is 5.69 Å². The van der Waals surface area contributed by atoms with Crippen molar-refractivity contribution < 1.29 is 5.11 Å². The minimum Gasteiger partial charge on any atom is -0.396 e. The molecule has 1 fully saturated rings. The first-order chi connectivity index (χ1) is 8.70. The van der Waals surface area contributed by atoms with E-state index in [0.29, 0.717) is 12.0 Å². The third-order valence-corrected chi connectivity index (χ3v) is 3.46. The van der Waals surface area contributed by atoms with Crippen molar-refractivity contribution >= 4 is 5.82 Å². The average molecular weight is 249 g/mol. The van der Waals surface area contributed by atoms with Crippen LogP contribution in [0.15, 0.2) is 12.1 Å². The van der Waals surface area contributed by atoms with Gasteiger partial charge in [0.2, 0.25) is 0 Å². The van der Waals surface area contributed by atoms with E-state index < -0.39 is 0 Å². The van der Waals surface area contributed by atoms with Crippen molar-refractivity contribution in [1.82, 2.24) is 10.2 Å². The molecule has 0 amide bonds. The highest BCUT2D eigenvalue weighted by molar-refractivity contribution is 5.40. The summed E-state index contributed by atoms with van der Waals surface area (Å²) < 4.78 is 0. The smallest absolute Gasteiger partial charge is 0.151 e. The van der Waals surface area contributed by atoms with Gasteiger partial charge in [0, 0.05) is 19.2 Å². The molecule has 0 radical (unpaired) electrons. The molecule has 0 aromatic carbocycles. The van der Waals surface area contributed by atoms with Crippen LogP contribution in [0.3, 0.4) is 0 Å². The van der Waals surface area contributed by atoms with Crippen LogP contribution >= 0.6 is 0 Å². The number of hydrogen-bond donors (Lipinski definition) is 1. The first-order valence-corrected chi connectivity index (χ1v) is 6.91. The van der Waals surface area contributed by atoms with Gasteiger partial charge >= 0.3 is 0 Å². The summed E-state index contributed by atoms with van der Waals surface area (Å²) in [7, 11) is 0. The molecule has 0 saturated carbocycles. The molecule has 100 valence electrons. The largest absolute Gasteiger partial charge is 0.396 e. The number of rotatable bonds is 5. The molecule has 1 aromatic rings. The standard InChI is InChI=1S/C14H23N3O/c1-11(2)10-12-5-6-14(16-15-12)17-8-3-4-13(17)7-9-18/h5-6,11,13,18H,3-4,7-10H2,1-2H3. The second-order valence-electron chi connectivity index (χ2n) is 5.48. The molecule has 0 bridgehead atoms. The zero-order valence-corrected chi connectivity index (χ0v) is 11.3. The zero-order chi connectivity index (χ0) is 13.0. The monoisotopic (exact) mass is 249 g/mol. The molecule has 1 aliphatic rings. The average Bonchev–Trinajstić information content (AvgIpc) is 2.78. The lowest BCUT2D eigenvalue weighted by Gasteiger charge is -2.24. The molecule has 18 heavy (non-hydrogen) atoms. The van der Waals surface area contributed by atoms with E-state index in [0.717, 1.165) is 37.3 Å². The van der Waals surface area contributed by atoms with E-state index in [1.807, 2.05) is 0 Å². The molecule has 4 heteroatoms. The van der Waals surface area contributed by atoms with E-state index in [1.54, 1.807) is 0 Å². The Hall–Kier alpha value is -1.16. The lowest BCUT2D eigenvalue weighted by molar-refractivity contribution is 0.275. The van der Waals surface area contributed by atoms with Crippen LogP contribution in [0.1, 0.15) is 38.8 Å². The van der Waals surface area contributed by atoms with Crippen LogP contribution in [-0.4, -0.2) is 34.5 Å². The summed E-state index contributed by atoms with van der Waals surface area (Å²) in [5.41, 5.74) is 1.06. The van der Waals surface area contributed by atoms with Gasteiger partial charge in [-0.1, -0.05) is 13.8 Å². The van der Waals surface area contributed by atoms with E-state index in [1.165, 1.54) is 6.42 Å². The van der Waals surface area contributed by atoms with Gasteiger partial charge in [-0.05, 0) is 43.7 Å². The number of aliphatic hydroxyl groups excluding tert-OH is 1. The van der Waals surface area contributed by atoms with E-state index >= 15 is 0 Å². The quantitative estimate of drug-likeness (QED) is 0.867. The van der Waals surface area contributed by atoms with Crippen LogP contribution in [0.25, 0.3) is 0 Å². The van der Waals surface area contributed by atoms with Crippen LogP contribution in [-0.2, 0) is 6.42 Å². The molecule has 0 spiro atoms. The van der Waals surface area contributed by atoms with Gasteiger partial charge in [0.25, 0.3) is 0 Å². The third-order valence-electron chi connectivity index (χ3n) is 3.46. The lowest BCUT2D eigenvalue weighted by Crippen LogP contribution is -2.30. The summed E-state index contributed by atoms with van der Waals surface area (Å²) in [6.45, 7) is 5.66. The van der Waals surface area contributed by atoms with Crippen LogP contribution in [0.5, 0.6) is 0 Å². The second kappa shape index (κ2) is 6.14. The number of aromatic nitrogens is 2. The first kappa shape index (κ1) is 13.3. The van der Waals surface area contributed by atoms with Gasteiger partial charge in [0.1, 0.15) is 0 Å². The van der Waals surface area contributed by atoms with Crippen LogP contribution in [0, 0.1) is 5.92 Å². The number of nitrogens with zero attached hydrogens (tertiary/aromatic N) is 3. The molecule has 1 unspecified atom stereocenters. The van der Waals surface area contributed by atoms with Crippen molar-refractivity contribution in [2.24, 2.45) is 5.92 Å². The van der Waals surface area contributed by atoms with E-state index in [9.17, 15) is 0 Å². The molecule has 2 rings (SSSR count). The molecule has 1 atom stereocenters. The van der Waals surface area contributed by atoms with E-state index in [2.05, 4.69) is 41.1 Å². The Balaban J connectivity index is 2.04. The summed E-state index contributed by atoms with van der Waals surface area (Å²) in [5.74, 6) is 1.57. The summed E-state index contributed by atoms with van der Waals surface area (Å²) in [6.07, 6.45) is 4.14. The third kappa shape index (κ3) is 3.19. The van der Waals surface area contributed by atoms with Gasteiger partial charge in [-0.2, -0.15) is 5.10 Å². The molecule has 1 aromatic heterocycles. The van der Waals surface area contributed by atoms with Gasteiger partial charge in [0.15, 0.2) is 5.82 Å². The zero-order valence-electron chi connectivity index (χ0n) is 11.3. The van der Waals surface area contributed by atoms with E-state index in [-0.39, 0.29) is 6.61 Å². The minimum absolute atomic E-state index is 0.250. The Bertz CT molecular complexity index is 364. The van der Waals surface area contributed by atoms with Crippen molar-refractivity contribution in [3.05, 3.63) is 17.8 Å². The highest BCUT2D eigenvalue weighted by Gasteiger charge is 2.25. The summed E-state index contributed by atoms with van der Waals surface area (Å²) in [5, 5.41) is 17.7. The Morgan fingerprint density at radius 3 is 2.83 bits per heavy atom. The lowest BCUT2D eigenvalue weighted by atomic mass is 10.1. The number of anilines is 1. The maximum Gasteiger partial charge on any atom is 0.151 e. The summed E-state index contributed by atoms with van der Waals surface area (Å²) >= 11 is 0. The fraction of sp³-hybridized carbons (Fsp3) is 0.714. The van der Waals surface area contributed by atoms with Crippen LogP contribution in [0.4, 0.5) is 5.82 Å². The van der Waals surface area contributed by atoms with Gasteiger partial charge in [-0.3, -0.25) is 0 Å². The van der Waals surface area contributed by atoms with Gasteiger partial charge in [-0.15, -0.1) is 5.10 Å². The molecular formula is C14H23N3O. The van der Waals surface area contributed by atoms with Crippen molar-refractivity contribution in [1.29, 1.82) is 0 Å². The van der Waals surface area contributed by atoms with Gasteiger partial charge < -0.3 is 10.0 Å². The minimum atomic E-state index is 0.250. The molecule has 0 aliphatic carbocycles. The highest BCUT2D eigenvalue weighted by atomic mass is 16.3. The maximum atomic E-state index is 9.07. The predicted molar refractivity (Wildman–Crippen MR) is 72.6 cm³/mol. The highest BCUT2D eigenvalue weighted by Crippen LogP contribution is 2.25. The fourth-order valence-corrected chi connectivity index (χ4v) is 2.62. The molecule has 4 nitrogen and oxygen atoms in total. The van der Waals surface area contributed by atoms with Gasteiger partial charge in [-0.25, -0.2) is 0 Å². The second-order valence-corrected chi connectivity index (χ2v) is 5.48. The Labute approximate surface area is 109 Å². The van der Waals surface area contributed by atoms with Crippen LogP contribution in [0.2, 0.25) is 0 Å². The molecule has 2 heterocycles. The fourth-order valence-electron chi connectivity index (χ4n) is 2.62. The maximum absolute atomic E-state index is 9.07. The SMILES string of the molecule is CC(C)Cc1ccc(N2CCCC2CCO)nn1.